The third kappa shape index (κ3) is 8.29. The van der Waals surface area contributed by atoms with Gasteiger partial charge in [-0.3, -0.25) is 0 Å². The first kappa shape index (κ1) is 49.5. The van der Waals surface area contributed by atoms with Gasteiger partial charge in [0.2, 0.25) is 0 Å². The predicted molar refractivity (Wildman–Crippen MR) is 296 cm³/mol. The van der Waals surface area contributed by atoms with Crippen molar-refractivity contribution in [2.75, 3.05) is 10.2 Å². The molecule has 2 nitrogen and oxygen atoms in total. The standard InChI is InChI=1S/C44H26B18N2/c1-43(2,3)14-7-10-16(11-8-14)64(41-21(26(49)31(54)34(57)37(41)60)20-24(47)29(52)33(56)30(53)25(20)48)42-38(61)35(58)36(59)40(39(42)62)63-18-12-9-15(44(4,5)6)13-17(18)19-22(45)27(50)32(55)28(51)23(19)46/h7-13,63H,1-6H3. The summed E-state index contributed by atoms with van der Waals surface area (Å²) in [7, 11) is 120. The molecule has 0 heterocycles. The molecule has 1 N–H and O–H groups in total. The highest BCUT2D eigenvalue weighted by atomic mass is 15.2. The zero-order chi connectivity index (χ0) is 48.0. The molecule has 0 unspecified atom stereocenters. The number of hydrogen-bond acceptors (Lipinski definition) is 2. The van der Waals surface area contributed by atoms with E-state index in [2.05, 4.69) is 26.1 Å². The molecular weight excluding hydrogens is 751 g/mol. The molecule has 0 saturated heterocycles. The van der Waals surface area contributed by atoms with Crippen LogP contribution < -0.4 is 109 Å². The van der Waals surface area contributed by atoms with Crippen LogP contribution in [0.15, 0.2) is 42.5 Å². The summed E-state index contributed by atoms with van der Waals surface area (Å²) in [6.07, 6.45) is 0. The predicted octanol–water partition coefficient (Wildman–Crippen LogP) is -8.88. The Morgan fingerprint density at radius 1 is 0.344 bits per heavy atom. The van der Waals surface area contributed by atoms with E-state index < -0.39 is 0 Å². The van der Waals surface area contributed by atoms with Crippen molar-refractivity contribution >= 4 is 268 Å². The Balaban J connectivity index is 1.77. The van der Waals surface area contributed by atoms with E-state index in [1.165, 1.54) is 0 Å². The molecule has 6 rings (SSSR count). The van der Waals surface area contributed by atoms with Crippen molar-refractivity contribution in [2.45, 2.75) is 52.4 Å². The number of nitrogens with one attached hydrogen (secondary N) is 1. The summed E-state index contributed by atoms with van der Waals surface area (Å²) < 4.78 is 0. The molecule has 0 fully saturated rings. The summed E-state index contributed by atoms with van der Waals surface area (Å²) in [4.78, 5) is 1.61. The van der Waals surface area contributed by atoms with Gasteiger partial charge < -0.3 is 10.2 Å². The smallest absolute Gasteiger partial charge is 0.119 e. The Morgan fingerprint density at radius 2 is 0.703 bits per heavy atom. The van der Waals surface area contributed by atoms with Crippen LogP contribution in [-0.4, -0.2) is 141 Å². The summed E-state index contributed by atoms with van der Waals surface area (Å²) in [5.74, 6) is 0. The van der Waals surface area contributed by atoms with Crippen LogP contribution in [0, 0.1) is 0 Å². The Bertz CT molecular complexity index is 2860. The van der Waals surface area contributed by atoms with Gasteiger partial charge in [0.1, 0.15) is 141 Å². The molecule has 0 spiro atoms. The fourth-order valence-corrected chi connectivity index (χ4v) is 7.69. The second kappa shape index (κ2) is 17.7. The van der Waals surface area contributed by atoms with Crippen LogP contribution in [0.25, 0.3) is 22.3 Å². The SMILES string of the molecule is [B]c1c([B])c([B])c(-c2cc(C(C)(C)C)ccc2Nc2c([B])c([B])c([B])c(N(c3ccc(C(C)(C)C)cc3)c3c([B])c([B])c([B])c([B])c3-c3c([B])c([B])c([B])c([B])c3[B])c2[B])c([B])c1[B]. The van der Waals surface area contributed by atoms with Gasteiger partial charge in [0, 0.05) is 34.0 Å². The van der Waals surface area contributed by atoms with Gasteiger partial charge >= 0.3 is 0 Å². The zero-order valence-corrected chi connectivity index (χ0v) is 36.9. The number of hydrogen-bond donors (Lipinski definition) is 1. The molecule has 0 aliphatic heterocycles. The van der Waals surface area contributed by atoms with Gasteiger partial charge in [-0.2, -0.15) is 0 Å². The first-order chi connectivity index (χ1) is 29.6. The number of nitrogens with zero attached hydrogens (tertiary/aromatic N) is 1. The average Bonchev–Trinajstić information content (AvgIpc) is 3.24. The van der Waals surface area contributed by atoms with Gasteiger partial charge in [-0.25, -0.2) is 0 Å². The Labute approximate surface area is 404 Å². The van der Waals surface area contributed by atoms with E-state index in [0.29, 0.717) is 22.5 Å². The monoisotopic (exact) mass is 780 g/mol. The van der Waals surface area contributed by atoms with Crippen LogP contribution in [-0.2, 0) is 10.8 Å². The molecule has 0 aliphatic rings. The maximum Gasteiger partial charge on any atom is 0.119 e. The lowest BCUT2D eigenvalue weighted by Gasteiger charge is -2.38. The van der Waals surface area contributed by atoms with Crippen LogP contribution in [0.2, 0.25) is 0 Å². The topological polar surface area (TPSA) is 15.3 Å². The summed E-state index contributed by atoms with van der Waals surface area (Å²) in [6, 6.07) is 13.1. The van der Waals surface area contributed by atoms with E-state index in [0.717, 1.165) is 11.1 Å². The van der Waals surface area contributed by atoms with Crippen molar-refractivity contribution in [1.29, 1.82) is 0 Å². The molecule has 6 aromatic rings. The minimum atomic E-state index is -0.339. The fourth-order valence-electron chi connectivity index (χ4n) is 7.69. The highest BCUT2D eigenvalue weighted by Gasteiger charge is 2.30. The third-order valence-electron chi connectivity index (χ3n) is 11.8. The molecule has 20 heteroatoms. The summed E-state index contributed by atoms with van der Waals surface area (Å²) in [5.41, 5.74) is 2.95. The maximum absolute atomic E-state index is 7.31. The summed E-state index contributed by atoms with van der Waals surface area (Å²) in [6.45, 7) is 12.4. The molecular formula is C44H26B18N2. The highest BCUT2D eigenvalue weighted by Crippen LogP contribution is 2.38. The lowest BCUT2D eigenvalue weighted by atomic mass is 9.57. The van der Waals surface area contributed by atoms with Crippen LogP contribution in [0.4, 0.5) is 28.4 Å². The molecule has 0 atom stereocenters. The Kier molecular flexibility index (Phi) is 13.7. The van der Waals surface area contributed by atoms with E-state index in [4.69, 9.17) is 141 Å². The van der Waals surface area contributed by atoms with E-state index in [-0.39, 0.29) is 137 Å². The minimum Gasteiger partial charge on any atom is -0.356 e. The van der Waals surface area contributed by atoms with Crippen molar-refractivity contribution in [2.24, 2.45) is 0 Å². The Morgan fingerprint density at radius 3 is 1.16 bits per heavy atom. The lowest BCUT2D eigenvalue weighted by Crippen LogP contribution is -2.57. The summed E-state index contributed by atoms with van der Waals surface area (Å²) >= 11 is 0. The van der Waals surface area contributed by atoms with Crippen molar-refractivity contribution in [3.8, 4) is 22.3 Å². The second-order valence-corrected chi connectivity index (χ2v) is 17.9. The molecule has 6 aromatic carbocycles. The van der Waals surface area contributed by atoms with Crippen LogP contribution in [0.3, 0.4) is 0 Å². The molecule has 0 aliphatic carbocycles. The van der Waals surface area contributed by atoms with Crippen LogP contribution in [0.1, 0.15) is 52.7 Å². The average molecular weight is 777 g/mol. The zero-order valence-electron chi connectivity index (χ0n) is 36.9. The third-order valence-corrected chi connectivity index (χ3v) is 11.8. The number of anilines is 5. The molecule has 0 saturated carbocycles. The van der Waals surface area contributed by atoms with Crippen molar-refractivity contribution in [1.82, 2.24) is 0 Å². The molecule has 0 bridgehead atoms. The van der Waals surface area contributed by atoms with Gasteiger partial charge in [-0.05, 0) is 62.9 Å². The molecule has 64 heavy (non-hydrogen) atoms. The molecule has 266 valence electrons. The van der Waals surface area contributed by atoms with Crippen molar-refractivity contribution in [3.05, 3.63) is 53.6 Å². The van der Waals surface area contributed by atoms with E-state index >= 15 is 0 Å². The van der Waals surface area contributed by atoms with E-state index in [1.54, 1.807) is 4.90 Å². The van der Waals surface area contributed by atoms with Crippen LogP contribution >= 0.6 is 0 Å². The van der Waals surface area contributed by atoms with Crippen LogP contribution in [0.5, 0.6) is 0 Å². The minimum absolute atomic E-state index is 0.0120. The largest absolute Gasteiger partial charge is 0.356 e. The first-order valence-electron chi connectivity index (χ1n) is 19.9. The van der Waals surface area contributed by atoms with Gasteiger partial charge in [0.15, 0.2) is 0 Å². The normalized spacial score (nSPS) is 11.8. The molecule has 0 aromatic heterocycles. The first-order valence-corrected chi connectivity index (χ1v) is 19.9. The molecule has 36 radical (unpaired) electrons. The van der Waals surface area contributed by atoms with Crippen molar-refractivity contribution in [3.63, 3.8) is 0 Å². The van der Waals surface area contributed by atoms with E-state index in [9.17, 15) is 0 Å². The quantitative estimate of drug-likeness (QED) is 0.162. The van der Waals surface area contributed by atoms with E-state index in [1.807, 2.05) is 63.2 Å². The maximum atomic E-state index is 7.31. The molecule has 0 amide bonds. The summed E-state index contributed by atoms with van der Waals surface area (Å²) in [5, 5.41) is 3.40. The van der Waals surface area contributed by atoms with Gasteiger partial charge in [0.05, 0.1) is 0 Å². The number of rotatable bonds is 7. The van der Waals surface area contributed by atoms with Gasteiger partial charge in [0.25, 0.3) is 0 Å². The Hall–Kier alpha value is -3.91. The highest BCUT2D eigenvalue weighted by molar-refractivity contribution is 6.72. The fraction of sp³-hybridized carbons (Fsp3) is 0.182. The second-order valence-electron chi connectivity index (χ2n) is 17.9. The number of benzene rings is 6. The lowest BCUT2D eigenvalue weighted by molar-refractivity contribution is 0.590. The van der Waals surface area contributed by atoms with Crippen molar-refractivity contribution < 1.29 is 0 Å². The van der Waals surface area contributed by atoms with Gasteiger partial charge in [-0.1, -0.05) is 109 Å². The van der Waals surface area contributed by atoms with Gasteiger partial charge in [-0.15, -0.1) is 49.2 Å².